The van der Waals surface area contributed by atoms with Gasteiger partial charge in [0.1, 0.15) is 9.57 Å². The zero-order chi connectivity index (χ0) is 21.8. The Labute approximate surface area is 190 Å². The molecule has 0 radical (unpaired) electrons. The first kappa shape index (κ1) is 21.2. The molecule has 156 valence electrons. The summed E-state index contributed by atoms with van der Waals surface area (Å²) in [5.41, 5.74) is 4.46. The number of hydrogen-bond acceptors (Lipinski definition) is 5. The van der Waals surface area contributed by atoms with Gasteiger partial charge in [0.25, 0.3) is 5.91 Å². The maximum absolute atomic E-state index is 13.7. The molecular weight excluding hydrogens is 430 g/mol. The van der Waals surface area contributed by atoms with Gasteiger partial charge in [-0.2, -0.15) is 0 Å². The molecule has 2 heterocycles. The highest BCUT2D eigenvalue weighted by Crippen LogP contribution is 2.53. The lowest BCUT2D eigenvalue weighted by Crippen LogP contribution is -2.47. The fourth-order valence-corrected chi connectivity index (χ4v) is 7.20. The number of methoxy groups -OCH3 is 1. The first-order chi connectivity index (χ1) is 14.1. The lowest BCUT2D eigenvalue weighted by Gasteiger charge is -2.43. The number of rotatable bonds is 2. The molecule has 0 atom stereocenters. The molecule has 1 amide bonds. The van der Waals surface area contributed by atoms with E-state index in [1.54, 1.807) is 27.8 Å². The van der Waals surface area contributed by atoms with Gasteiger partial charge in [0.15, 0.2) is 0 Å². The Bertz CT molecular complexity index is 1180. The van der Waals surface area contributed by atoms with Gasteiger partial charge in [-0.3, -0.25) is 9.69 Å². The van der Waals surface area contributed by atoms with Crippen LogP contribution in [-0.4, -0.2) is 13.0 Å². The van der Waals surface area contributed by atoms with Crippen LogP contribution in [0, 0.1) is 3.82 Å². The van der Waals surface area contributed by atoms with E-state index in [0.717, 1.165) is 31.3 Å². The third-order valence-corrected chi connectivity index (χ3v) is 8.99. The zero-order valence-electron chi connectivity index (χ0n) is 18.0. The van der Waals surface area contributed by atoms with Crippen LogP contribution in [0.15, 0.2) is 42.5 Å². The topological polar surface area (TPSA) is 29.5 Å². The Morgan fingerprint density at radius 2 is 1.73 bits per heavy atom. The van der Waals surface area contributed by atoms with Gasteiger partial charge >= 0.3 is 0 Å². The third kappa shape index (κ3) is 3.31. The van der Waals surface area contributed by atoms with Crippen molar-refractivity contribution in [2.75, 3.05) is 12.0 Å². The molecule has 0 fully saturated rings. The standard InChI is InChI=1S/C24H25NO2S3/c1-23(2,3)15-9-12-18-17(13-15)19-20(29-30-22(19)28)24(4,5)25(18)21(26)14-7-10-16(27-6)11-8-14/h7-13H,1-6H3. The normalized spacial score (nSPS) is 14.8. The third-order valence-electron chi connectivity index (χ3n) is 5.66. The highest BCUT2D eigenvalue weighted by Gasteiger charge is 2.43. The van der Waals surface area contributed by atoms with E-state index >= 15 is 0 Å². The summed E-state index contributed by atoms with van der Waals surface area (Å²) in [6.07, 6.45) is 0. The number of hydrogen-bond donors (Lipinski definition) is 0. The number of nitrogens with zero attached hydrogens (tertiary/aromatic N) is 1. The van der Waals surface area contributed by atoms with Gasteiger partial charge in [0.05, 0.1) is 23.2 Å². The molecule has 0 saturated heterocycles. The van der Waals surface area contributed by atoms with Crippen LogP contribution in [-0.2, 0) is 11.0 Å². The lowest BCUT2D eigenvalue weighted by atomic mass is 9.81. The van der Waals surface area contributed by atoms with Crippen LogP contribution in [0.1, 0.15) is 55.4 Å². The minimum absolute atomic E-state index is 0.00799. The van der Waals surface area contributed by atoms with Crippen molar-refractivity contribution in [2.24, 2.45) is 0 Å². The van der Waals surface area contributed by atoms with Crippen molar-refractivity contribution in [3.8, 4) is 16.9 Å². The molecule has 0 bridgehead atoms. The summed E-state index contributed by atoms with van der Waals surface area (Å²) >= 11 is 5.72. The number of benzene rings is 2. The maximum Gasteiger partial charge on any atom is 0.259 e. The molecule has 1 aromatic heterocycles. The first-order valence-corrected chi connectivity index (χ1v) is 12.4. The smallest absolute Gasteiger partial charge is 0.259 e. The van der Waals surface area contributed by atoms with E-state index in [4.69, 9.17) is 17.0 Å². The van der Waals surface area contributed by atoms with E-state index in [0.29, 0.717) is 5.56 Å². The summed E-state index contributed by atoms with van der Waals surface area (Å²) in [5, 5.41) is 0. The van der Waals surface area contributed by atoms with E-state index in [1.807, 2.05) is 29.2 Å². The molecule has 2 aromatic carbocycles. The highest BCUT2D eigenvalue weighted by molar-refractivity contribution is 7.80. The molecule has 1 aliphatic heterocycles. The molecule has 0 aliphatic carbocycles. The van der Waals surface area contributed by atoms with Crippen LogP contribution in [0.5, 0.6) is 5.75 Å². The summed E-state index contributed by atoms with van der Waals surface area (Å²) in [5.74, 6) is 0.708. The van der Waals surface area contributed by atoms with Crippen molar-refractivity contribution in [1.29, 1.82) is 0 Å². The summed E-state index contributed by atoms with van der Waals surface area (Å²) in [6.45, 7) is 10.8. The van der Waals surface area contributed by atoms with E-state index in [9.17, 15) is 4.79 Å². The molecule has 0 N–H and O–H groups in total. The minimum atomic E-state index is -0.499. The van der Waals surface area contributed by atoms with Gasteiger partial charge < -0.3 is 4.74 Å². The highest BCUT2D eigenvalue weighted by atomic mass is 32.9. The van der Waals surface area contributed by atoms with Gasteiger partial charge in [0, 0.05) is 16.7 Å². The summed E-state index contributed by atoms with van der Waals surface area (Å²) in [7, 11) is 4.92. The van der Waals surface area contributed by atoms with Crippen LogP contribution in [0.25, 0.3) is 11.1 Å². The monoisotopic (exact) mass is 455 g/mol. The minimum Gasteiger partial charge on any atom is -0.497 e. The van der Waals surface area contributed by atoms with Crippen LogP contribution in [0.4, 0.5) is 5.69 Å². The van der Waals surface area contributed by atoms with Gasteiger partial charge in [-0.25, -0.2) is 0 Å². The second kappa shape index (κ2) is 7.29. The molecule has 1 aliphatic rings. The molecule has 0 unspecified atom stereocenters. The number of fused-ring (bicyclic) bond motifs is 3. The predicted molar refractivity (Wildman–Crippen MR) is 130 cm³/mol. The number of anilines is 1. The Hall–Kier alpha value is -2.02. The van der Waals surface area contributed by atoms with Crippen molar-refractivity contribution in [2.45, 2.75) is 45.6 Å². The van der Waals surface area contributed by atoms with Crippen LogP contribution < -0.4 is 9.64 Å². The van der Waals surface area contributed by atoms with Crippen molar-refractivity contribution in [3.05, 3.63) is 62.3 Å². The Balaban J connectivity index is 1.94. The first-order valence-electron chi connectivity index (χ1n) is 9.83. The van der Waals surface area contributed by atoms with E-state index < -0.39 is 5.54 Å². The molecule has 3 aromatic rings. The average molecular weight is 456 g/mol. The second-order valence-electron chi connectivity index (χ2n) is 9.07. The van der Waals surface area contributed by atoms with Crippen molar-refractivity contribution >= 4 is 44.5 Å². The van der Waals surface area contributed by atoms with E-state index in [-0.39, 0.29) is 11.3 Å². The fraction of sp³-hybridized carbons (Fsp3) is 0.333. The van der Waals surface area contributed by atoms with Gasteiger partial charge in [-0.05, 0) is 61.2 Å². The van der Waals surface area contributed by atoms with E-state index in [2.05, 4.69) is 52.8 Å². The quantitative estimate of drug-likeness (QED) is 0.298. The molecule has 0 spiro atoms. The van der Waals surface area contributed by atoms with E-state index in [1.165, 1.54) is 5.56 Å². The molecule has 3 nitrogen and oxygen atoms in total. The largest absolute Gasteiger partial charge is 0.497 e. The number of amides is 1. The summed E-state index contributed by atoms with van der Waals surface area (Å²) < 4.78 is 6.15. The Morgan fingerprint density at radius 3 is 2.33 bits per heavy atom. The zero-order valence-corrected chi connectivity index (χ0v) is 20.5. The van der Waals surface area contributed by atoms with Crippen molar-refractivity contribution in [3.63, 3.8) is 0 Å². The SMILES string of the molecule is COc1ccc(C(=O)N2c3ccc(C(C)(C)C)cc3-c3c(ssc3=S)C2(C)C)cc1. The van der Waals surface area contributed by atoms with Crippen LogP contribution in [0.2, 0.25) is 0 Å². The van der Waals surface area contributed by atoms with Crippen molar-refractivity contribution < 1.29 is 9.53 Å². The molecule has 30 heavy (non-hydrogen) atoms. The number of carbonyl (C=O) groups is 1. The summed E-state index contributed by atoms with van der Waals surface area (Å²) in [4.78, 5) is 16.8. The fourth-order valence-electron chi connectivity index (χ4n) is 3.92. The van der Waals surface area contributed by atoms with Crippen LogP contribution in [0.3, 0.4) is 0 Å². The average Bonchev–Trinajstić information content (AvgIpc) is 3.09. The lowest BCUT2D eigenvalue weighted by molar-refractivity contribution is 0.0961. The maximum atomic E-state index is 13.7. The van der Waals surface area contributed by atoms with Crippen LogP contribution >= 0.6 is 32.9 Å². The molecule has 0 saturated carbocycles. The molecule has 6 heteroatoms. The molecular formula is C24H25NO2S3. The molecule has 4 rings (SSSR count). The van der Waals surface area contributed by atoms with Gasteiger partial charge in [-0.15, -0.1) is 0 Å². The number of carbonyl (C=O) groups excluding carboxylic acids is 1. The summed E-state index contributed by atoms with van der Waals surface area (Å²) in [6, 6.07) is 13.7. The second-order valence-corrected chi connectivity index (χ2v) is 11.9. The number of ether oxygens (including phenoxy) is 1. The van der Waals surface area contributed by atoms with Gasteiger partial charge in [-0.1, -0.05) is 59.7 Å². The van der Waals surface area contributed by atoms with Crippen molar-refractivity contribution in [1.82, 2.24) is 0 Å². The van der Waals surface area contributed by atoms with Gasteiger partial charge in [0.2, 0.25) is 0 Å². The predicted octanol–water partition coefficient (Wildman–Crippen LogP) is 7.41. The Morgan fingerprint density at radius 1 is 1.07 bits per heavy atom. The Kier molecular flexibility index (Phi) is 5.16.